The molecule has 1 aromatic rings. The van der Waals surface area contributed by atoms with Gasteiger partial charge in [0.25, 0.3) is 11.8 Å². The number of carbonyl (C=O) groups excluding carboxylic acids is 2. The SMILES string of the molecule is CC.CCc1nccc(C(=O)NCC=O)c1Cl.CN1CC(F)(F)CC1B(O)O. The van der Waals surface area contributed by atoms with E-state index in [9.17, 15) is 18.4 Å². The summed E-state index contributed by atoms with van der Waals surface area (Å²) in [6.07, 6.45) is 2.34. The maximum atomic E-state index is 12.5. The van der Waals surface area contributed by atoms with Gasteiger partial charge in [0.15, 0.2) is 0 Å². The Morgan fingerprint density at radius 1 is 1.50 bits per heavy atom. The number of nitrogens with one attached hydrogen (secondary N) is 1. The quantitative estimate of drug-likeness (QED) is 0.493. The van der Waals surface area contributed by atoms with Crippen LogP contribution in [0.2, 0.25) is 5.02 Å². The van der Waals surface area contributed by atoms with E-state index in [0.29, 0.717) is 29.0 Å². The predicted octanol–water partition coefficient (Wildman–Crippen LogP) is 1.59. The van der Waals surface area contributed by atoms with Gasteiger partial charge in [-0.25, -0.2) is 8.78 Å². The van der Waals surface area contributed by atoms with Crippen LogP contribution < -0.4 is 5.32 Å². The smallest absolute Gasteiger partial charge is 0.426 e. The van der Waals surface area contributed by atoms with Crippen LogP contribution in [0.3, 0.4) is 0 Å². The van der Waals surface area contributed by atoms with E-state index in [1.807, 2.05) is 20.8 Å². The molecule has 1 saturated heterocycles. The molecule has 11 heteroatoms. The van der Waals surface area contributed by atoms with E-state index in [-0.39, 0.29) is 12.5 Å². The number of hydrogen-bond acceptors (Lipinski definition) is 6. The molecule has 158 valence electrons. The Balaban J connectivity index is 0.000000497. The number of hydrogen-bond donors (Lipinski definition) is 3. The molecule has 1 atom stereocenters. The molecule has 0 aliphatic carbocycles. The zero-order valence-electron chi connectivity index (χ0n) is 16.5. The minimum absolute atomic E-state index is 0.0149. The van der Waals surface area contributed by atoms with Crippen molar-refractivity contribution in [2.75, 3.05) is 20.1 Å². The topological polar surface area (TPSA) is 103 Å². The number of amides is 1. The number of nitrogens with zero attached hydrogens (tertiary/aromatic N) is 2. The van der Waals surface area contributed by atoms with Gasteiger partial charge in [-0.05, 0) is 19.5 Å². The summed E-state index contributed by atoms with van der Waals surface area (Å²) in [6, 6.07) is 1.53. The molecular weight excluding hydrogens is 394 g/mol. The molecule has 1 aromatic heterocycles. The molecule has 0 radical (unpaired) electrons. The fraction of sp³-hybridized carbons (Fsp3) is 0.588. The molecule has 1 fully saturated rings. The van der Waals surface area contributed by atoms with Crippen LogP contribution in [0.5, 0.6) is 0 Å². The molecule has 3 N–H and O–H groups in total. The average Bonchev–Trinajstić information content (AvgIpc) is 2.95. The van der Waals surface area contributed by atoms with Crippen LogP contribution in [0.4, 0.5) is 8.78 Å². The van der Waals surface area contributed by atoms with Crippen LogP contribution in [0.15, 0.2) is 12.3 Å². The minimum Gasteiger partial charge on any atom is -0.426 e. The van der Waals surface area contributed by atoms with E-state index >= 15 is 0 Å². The molecule has 7 nitrogen and oxygen atoms in total. The summed E-state index contributed by atoms with van der Waals surface area (Å²) in [5, 5.41) is 20.0. The van der Waals surface area contributed by atoms with Crippen LogP contribution >= 0.6 is 11.6 Å². The first-order chi connectivity index (χ1) is 13.1. The van der Waals surface area contributed by atoms with Crippen molar-refractivity contribution >= 4 is 30.9 Å². The third-order valence-electron chi connectivity index (χ3n) is 3.79. The van der Waals surface area contributed by atoms with Crippen LogP contribution in [-0.4, -0.2) is 71.2 Å². The summed E-state index contributed by atoms with van der Waals surface area (Å²) < 4.78 is 25.1. The number of carbonyl (C=O) groups is 2. The maximum absolute atomic E-state index is 12.5. The van der Waals surface area contributed by atoms with Crippen molar-refractivity contribution in [3.63, 3.8) is 0 Å². The zero-order valence-corrected chi connectivity index (χ0v) is 17.2. The molecule has 2 heterocycles. The van der Waals surface area contributed by atoms with Crippen molar-refractivity contribution in [1.82, 2.24) is 15.2 Å². The van der Waals surface area contributed by atoms with E-state index in [1.165, 1.54) is 24.2 Å². The number of aromatic nitrogens is 1. The Morgan fingerprint density at radius 2 is 2.11 bits per heavy atom. The van der Waals surface area contributed by atoms with Crippen LogP contribution in [0, 0.1) is 0 Å². The van der Waals surface area contributed by atoms with Crippen molar-refractivity contribution in [2.24, 2.45) is 0 Å². The monoisotopic (exact) mass is 421 g/mol. The second kappa shape index (κ2) is 12.8. The van der Waals surface area contributed by atoms with Gasteiger partial charge >= 0.3 is 7.12 Å². The van der Waals surface area contributed by atoms with Gasteiger partial charge in [-0.15, -0.1) is 0 Å². The van der Waals surface area contributed by atoms with E-state index < -0.39 is 31.9 Å². The van der Waals surface area contributed by atoms with E-state index in [1.54, 1.807) is 0 Å². The lowest BCUT2D eigenvalue weighted by molar-refractivity contribution is -0.107. The number of halogens is 3. The molecule has 1 unspecified atom stereocenters. The Kier molecular flexibility index (Phi) is 12.0. The number of aryl methyl sites for hydroxylation is 1. The summed E-state index contributed by atoms with van der Waals surface area (Å²) in [7, 11) is -0.223. The molecule has 28 heavy (non-hydrogen) atoms. The van der Waals surface area contributed by atoms with Gasteiger partial charge in [-0.1, -0.05) is 32.4 Å². The highest BCUT2D eigenvalue weighted by Crippen LogP contribution is 2.30. The van der Waals surface area contributed by atoms with Crippen LogP contribution in [0.1, 0.15) is 43.2 Å². The number of likely N-dealkylation sites (tertiary alicyclic amines) is 1. The minimum atomic E-state index is -2.77. The number of rotatable bonds is 5. The fourth-order valence-corrected chi connectivity index (χ4v) is 2.81. The summed E-state index contributed by atoms with van der Waals surface area (Å²) in [4.78, 5) is 26.9. The van der Waals surface area contributed by atoms with Crippen LogP contribution in [-0.2, 0) is 11.2 Å². The molecular formula is C17H27BClF2N3O4. The number of alkyl halides is 2. The molecule has 0 saturated carbocycles. The Bertz CT molecular complexity index is 638. The molecule has 2 rings (SSSR count). The third-order valence-corrected chi connectivity index (χ3v) is 4.21. The summed E-state index contributed by atoms with van der Waals surface area (Å²) in [5.74, 6) is -3.96. The predicted molar refractivity (Wildman–Crippen MR) is 105 cm³/mol. The van der Waals surface area contributed by atoms with Crippen molar-refractivity contribution in [2.45, 2.75) is 45.5 Å². The Hall–Kier alpha value is -1.62. The van der Waals surface area contributed by atoms with Crippen molar-refractivity contribution < 1.29 is 28.4 Å². The van der Waals surface area contributed by atoms with Gasteiger partial charge in [0.2, 0.25) is 0 Å². The second-order valence-electron chi connectivity index (χ2n) is 5.81. The molecule has 0 aromatic carbocycles. The van der Waals surface area contributed by atoms with Gasteiger partial charge in [-0.3, -0.25) is 14.7 Å². The zero-order chi connectivity index (χ0) is 21.9. The lowest BCUT2D eigenvalue weighted by atomic mass is 9.78. The Labute approximate surface area is 169 Å². The molecule has 1 aliphatic rings. The Morgan fingerprint density at radius 3 is 2.50 bits per heavy atom. The maximum Gasteiger partial charge on any atom is 0.470 e. The van der Waals surface area contributed by atoms with Gasteiger partial charge < -0.3 is 20.2 Å². The largest absolute Gasteiger partial charge is 0.470 e. The van der Waals surface area contributed by atoms with Gasteiger partial charge in [-0.2, -0.15) is 0 Å². The number of pyridine rings is 1. The molecule has 1 aliphatic heterocycles. The molecule has 1 amide bonds. The lowest BCUT2D eigenvalue weighted by Gasteiger charge is -2.15. The van der Waals surface area contributed by atoms with E-state index in [4.69, 9.17) is 21.6 Å². The highest BCUT2D eigenvalue weighted by molar-refractivity contribution is 6.43. The van der Waals surface area contributed by atoms with Crippen molar-refractivity contribution in [3.8, 4) is 0 Å². The average molecular weight is 422 g/mol. The van der Waals surface area contributed by atoms with Gasteiger partial charge in [0.05, 0.1) is 35.3 Å². The summed E-state index contributed by atoms with van der Waals surface area (Å²) >= 11 is 5.97. The summed E-state index contributed by atoms with van der Waals surface area (Å²) in [6.45, 7) is 5.50. The van der Waals surface area contributed by atoms with Gasteiger partial charge in [0.1, 0.15) is 6.29 Å². The first-order valence-electron chi connectivity index (χ1n) is 8.92. The standard InChI is InChI=1S/C10H11ClN2O2.C5H10BF2NO2.C2H6/c1-2-8-9(11)7(3-4-12-8)10(15)13-5-6-14;1-9-3-5(7,8)2-4(9)6(10)11;1-2/h3-4,6H,2,5H2,1H3,(H,13,15);4,10-11H,2-3H2,1H3;1-2H3. The second-order valence-corrected chi connectivity index (χ2v) is 6.18. The summed E-state index contributed by atoms with van der Waals surface area (Å²) in [5.41, 5.74) is 1.03. The molecule has 0 spiro atoms. The van der Waals surface area contributed by atoms with E-state index in [0.717, 1.165) is 0 Å². The van der Waals surface area contributed by atoms with Crippen molar-refractivity contribution in [1.29, 1.82) is 0 Å². The molecule has 0 bridgehead atoms. The number of aldehydes is 1. The van der Waals surface area contributed by atoms with E-state index in [2.05, 4.69) is 10.3 Å². The van der Waals surface area contributed by atoms with Crippen molar-refractivity contribution in [3.05, 3.63) is 28.5 Å². The van der Waals surface area contributed by atoms with Gasteiger partial charge in [0, 0.05) is 12.6 Å². The highest BCUT2D eigenvalue weighted by Gasteiger charge is 2.47. The lowest BCUT2D eigenvalue weighted by Crippen LogP contribution is -2.39. The third kappa shape index (κ3) is 8.18. The highest BCUT2D eigenvalue weighted by atomic mass is 35.5. The first kappa shape index (κ1) is 26.4. The van der Waals surface area contributed by atoms with Crippen LogP contribution in [0.25, 0.3) is 0 Å². The fourth-order valence-electron chi connectivity index (χ4n) is 2.48. The first-order valence-corrected chi connectivity index (χ1v) is 9.30. The normalized spacial score (nSPS) is 17.5.